The maximum Gasteiger partial charge on any atom is 0.0565 e. The second-order valence-corrected chi connectivity index (χ2v) is 18.1. The summed E-state index contributed by atoms with van der Waals surface area (Å²) < 4.78 is 2.47. The van der Waals surface area contributed by atoms with Crippen molar-refractivity contribution in [1.82, 2.24) is 4.57 Å². The van der Waals surface area contributed by atoms with Crippen molar-refractivity contribution in [3.8, 4) is 16.8 Å². The van der Waals surface area contributed by atoms with Gasteiger partial charge in [0.05, 0.1) is 17.3 Å². The number of hydrogen-bond donors (Lipinski definition) is 0. The summed E-state index contributed by atoms with van der Waals surface area (Å²) in [5.74, 6) is 1.65. The van der Waals surface area contributed by atoms with Crippen LogP contribution in [0.1, 0.15) is 99.8 Å². The zero-order chi connectivity index (χ0) is 39.8. The Morgan fingerprint density at radius 1 is 0.550 bits per heavy atom. The first-order chi connectivity index (χ1) is 29.7. The number of aromatic nitrogens is 1. The van der Waals surface area contributed by atoms with Gasteiger partial charge in [-0.25, -0.2) is 0 Å². The molecular formula is C58H56N2. The summed E-state index contributed by atoms with van der Waals surface area (Å²) in [5.41, 5.74) is 15.1. The molecule has 7 aromatic rings. The minimum Gasteiger partial charge on any atom is -0.334 e. The average Bonchev–Trinajstić information content (AvgIpc) is 3.67. The fourth-order valence-electron chi connectivity index (χ4n) is 11.5. The predicted octanol–water partition coefficient (Wildman–Crippen LogP) is 15.9. The van der Waals surface area contributed by atoms with Crippen molar-refractivity contribution in [1.29, 1.82) is 0 Å². The fourth-order valence-corrected chi connectivity index (χ4v) is 11.5. The van der Waals surface area contributed by atoms with E-state index in [0.717, 1.165) is 12.8 Å². The molecule has 6 aromatic carbocycles. The monoisotopic (exact) mass is 780 g/mol. The van der Waals surface area contributed by atoms with E-state index in [4.69, 9.17) is 0 Å². The number of allylic oxidation sites excluding steroid dienone is 3. The van der Waals surface area contributed by atoms with Crippen molar-refractivity contribution in [3.05, 3.63) is 192 Å². The van der Waals surface area contributed by atoms with E-state index in [2.05, 4.69) is 179 Å². The molecule has 0 bridgehead atoms. The van der Waals surface area contributed by atoms with Crippen molar-refractivity contribution in [3.63, 3.8) is 0 Å². The molecule has 4 aliphatic rings. The minimum absolute atomic E-state index is 0.257. The van der Waals surface area contributed by atoms with E-state index in [1.54, 1.807) is 11.1 Å². The summed E-state index contributed by atoms with van der Waals surface area (Å²) in [4.78, 5) is 2.72. The highest BCUT2D eigenvalue weighted by molar-refractivity contribution is 5.92. The van der Waals surface area contributed by atoms with Gasteiger partial charge in [-0.3, -0.25) is 0 Å². The van der Waals surface area contributed by atoms with Crippen molar-refractivity contribution in [2.24, 2.45) is 11.8 Å². The number of hydrogen-bond acceptors (Lipinski definition) is 1. The molecule has 0 saturated heterocycles. The third kappa shape index (κ3) is 7.04. The number of nitrogens with zero attached hydrogens (tertiary/aromatic N) is 2. The van der Waals surface area contributed by atoms with Crippen LogP contribution in [-0.2, 0) is 0 Å². The quantitative estimate of drug-likeness (QED) is 0.149. The maximum absolute atomic E-state index is 2.72. The molecule has 298 valence electrons. The van der Waals surface area contributed by atoms with Crippen molar-refractivity contribution in [2.75, 3.05) is 4.90 Å². The van der Waals surface area contributed by atoms with Crippen LogP contribution < -0.4 is 4.90 Å². The van der Waals surface area contributed by atoms with Gasteiger partial charge in [0.1, 0.15) is 0 Å². The standard InChI is InChI=1S/C58H56N2/c1-4-16-41(17-5-1)48-37-49(42-18-6-2-7-19-42)40-53(39-48)59(51-34-32-44(33-35-51)46-31-30-43-20-10-11-21-45(43)36-46)52-25-14-22-47(38-52)54-27-15-29-57-58(54)55-26-12-13-28-56(55)60(57)50-23-8-3-9-24-50/h3,8-15,20-26,28-39,41-42,53-54H,1-2,4-7,16-19,27,40H2. The van der Waals surface area contributed by atoms with Crippen LogP contribution in [0.5, 0.6) is 0 Å². The van der Waals surface area contributed by atoms with E-state index in [-0.39, 0.29) is 12.0 Å². The first-order valence-electron chi connectivity index (χ1n) is 23.0. The van der Waals surface area contributed by atoms with Gasteiger partial charge in [0.25, 0.3) is 0 Å². The molecule has 2 fully saturated rings. The summed E-state index contributed by atoms with van der Waals surface area (Å²) in [6.07, 6.45) is 25.9. The molecule has 60 heavy (non-hydrogen) atoms. The summed E-state index contributed by atoms with van der Waals surface area (Å²) >= 11 is 0. The molecule has 2 nitrogen and oxygen atoms in total. The highest BCUT2D eigenvalue weighted by atomic mass is 15.2. The number of benzene rings is 6. The molecule has 2 atom stereocenters. The Morgan fingerprint density at radius 3 is 2.08 bits per heavy atom. The van der Waals surface area contributed by atoms with Gasteiger partial charge in [-0.1, -0.05) is 159 Å². The molecule has 0 radical (unpaired) electrons. The molecule has 0 spiro atoms. The molecule has 0 aliphatic heterocycles. The lowest BCUT2D eigenvalue weighted by Crippen LogP contribution is -2.34. The zero-order valence-electron chi connectivity index (χ0n) is 34.9. The molecule has 2 unspecified atom stereocenters. The van der Waals surface area contributed by atoms with Crippen LogP contribution in [0, 0.1) is 11.8 Å². The molecule has 2 saturated carbocycles. The third-order valence-electron chi connectivity index (χ3n) is 14.5. The normalized spacial score (nSPS) is 19.9. The highest BCUT2D eigenvalue weighted by Gasteiger charge is 2.32. The van der Waals surface area contributed by atoms with Crippen LogP contribution >= 0.6 is 0 Å². The Balaban J connectivity index is 1.03. The predicted molar refractivity (Wildman–Crippen MR) is 254 cm³/mol. The van der Waals surface area contributed by atoms with E-state index in [0.29, 0.717) is 11.8 Å². The lowest BCUT2D eigenvalue weighted by Gasteiger charge is -2.39. The maximum atomic E-state index is 2.72. The SMILES string of the molecule is C1=Cc2c(c3ccccc3n2-c2ccccc2)C(c2cccc(N(c3ccc(-c4ccc5ccccc5c4)cc3)C3C=C(C4CCCCC4)C=C(C4CCCCC4)C3)c2)C1. The second-order valence-electron chi connectivity index (χ2n) is 18.1. The molecule has 1 heterocycles. The smallest absolute Gasteiger partial charge is 0.0565 e. The second kappa shape index (κ2) is 16.3. The average molecular weight is 781 g/mol. The Kier molecular flexibility index (Phi) is 10.1. The van der Waals surface area contributed by atoms with Gasteiger partial charge in [0.15, 0.2) is 0 Å². The summed E-state index contributed by atoms with van der Waals surface area (Å²) in [5, 5.41) is 3.93. The van der Waals surface area contributed by atoms with Crippen molar-refractivity contribution < 1.29 is 0 Å². The Bertz CT molecular complexity index is 2730. The van der Waals surface area contributed by atoms with E-state index in [1.807, 2.05) is 0 Å². The topological polar surface area (TPSA) is 8.17 Å². The van der Waals surface area contributed by atoms with Crippen LogP contribution in [0.15, 0.2) is 175 Å². The van der Waals surface area contributed by atoms with E-state index in [1.165, 1.54) is 131 Å². The number of rotatable bonds is 8. The zero-order valence-corrected chi connectivity index (χ0v) is 34.9. The van der Waals surface area contributed by atoms with Crippen LogP contribution in [0.25, 0.3) is 44.6 Å². The van der Waals surface area contributed by atoms with E-state index in [9.17, 15) is 0 Å². The lowest BCUT2D eigenvalue weighted by atomic mass is 9.74. The van der Waals surface area contributed by atoms with Gasteiger partial charge >= 0.3 is 0 Å². The Hall–Kier alpha value is -5.86. The highest BCUT2D eigenvalue weighted by Crippen LogP contribution is 2.46. The largest absolute Gasteiger partial charge is 0.334 e. The summed E-state index contributed by atoms with van der Waals surface area (Å²) in [6, 6.07) is 55.0. The van der Waals surface area contributed by atoms with Crippen molar-refractivity contribution in [2.45, 2.75) is 89.0 Å². The van der Waals surface area contributed by atoms with Gasteiger partial charge in [-0.05, 0) is 144 Å². The Labute approximate surface area is 356 Å². The molecule has 0 amide bonds. The molecule has 4 aliphatic carbocycles. The van der Waals surface area contributed by atoms with Crippen LogP contribution in [0.3, 0.4) is 0 Å². The van der Waals surface area contributed by atoms with Gasteiger partial charge in [-0.2, -0.15) is 0 Å². The third-order valence-corrected chi connectivity index (χ3v) is 14.5. The molecule has 0 N–H and O–H groups in total. The summed E-state index contributed by atoms with van der Waals surface area (Å²) in [6.45, 7) is 0. The molecule has 1 aromatic heterocycles. The number of para-hydroxylation sites is 2. The summed E-state index contributed by atoms with van der Waals surface area (Å²) in [7, 11) is 0. The van der Waals surface area contributed by atoms with Crippen LogP contribution in [-0.4, -0.2) is 10.6 Å². The van der Waals surface area contributed by atoms with Crippen molar-refractivity contribution >= 4 is 39.1 Å². The first kappa shape index (κ1) is 37.2. The van der Waals surface area contributed by atoms with Crippen LogP contribution in [0.2, 0.25) is 0 Å². The van der Waals surface area contributed by atoms with Gasteiger partial charge in [0.2, 0.25) is 0 Å². The molecule has 11 rings (SSSR count). The van der Waals surface area contributed by atoms with Gasteiger partial charge < -0.3 is 9.47 Å². The van der Waals surface area contributed by atoms with E-state index < -0.39 is 0 Å². The molecular weight excluding hydrogens is 725 g/mol. The number of fused-ring (bicyclic) bond motifs is 4. The van der Waals surface area contributed by atoms with Gasteiger partial charge in [-0.15, -0.1) is 0 Å². The Morgan fingerprint density at radius 2 is 1.27 bits per heavy atom. The minimum atomic E-state index is 0.257. The van der Waals surface area contributed by atoms with Gasteiger partial charge in [0, 0.05) is 28.4 Å². The first-order valence-corrected chi connectivity index (χ1v) is 23.0. The number of anilines is 2. The lowest BCUT2D eigenvalue weighted by molar-refractivity contribution is 0.382. The van der Waals surface area contributed by atoms with Crippen LogP contribution in [0.4, 0.5) is 11.4 Å². The van der Waals surface area contributed by atoms with E-state index >= 15 is 0 Å². The fraction of sp³-hybridized carbons (Fsp3) is 0.276. The molecule has 2 heteroatoms.